The Balaban J connectivity index is 1.96. The van der Waals surface area contributed by atoms with Crippen LogP contribution < -0.4 is 4.74 Å². The highest BCUT2D eigenvalue weighted by Crippen LogP contribution is 2.36. The molecule has 1 heterocycles. The Morgan fingerprint density at radius 1 is 1.18 bits per heavy atom. The van der Waals surface area contributed by atoms with Crippen molar-refractivity contribution in [3.63, 3.8) is 0 Å². The number of nitrogens with zero attached hydrogens (tertiary/aromatic N) is 1. The summed E-state index contributed by atoms with van der Waals surface area (Å²) in [5.74, 6) is -0.141. The van der Waals surface area contributed by atoms with E-state index >= 15 is 0 Å². The topological polar surface area (TPSA) is 31.4 Å². The molecular formula is C17H24FNO2Si. The first kappa shape index (κ1) is 16.9. The van der Waals surface area contributed by atoms with Crippen LogP contribution in [-0.2, 0) is 4.43 Å². The van der Waals surface area contributed by atoms with Crippen molar-refractivity contribution >= 4 is 19.2 Å². The molecular weight excluding hydrogens is 297 g/mol. The fourth-order valence-corrected chi connectivity index (χ4v) is 2.88. The van der Waals surface area contributed by atoms with Crippen molar-refractivity contribution in [2.24, 2.45) is 0 Å². The van der Waals surface area contributed by atoms with Gasteiger partial charge in [0, 0.05) is 17.6 Å². The molecule has 2 rings (SSSR count). The summed E-state index contributed by atoms with van der Waals surface area (Å²) in [6, 6.07) is 6.70. The number of fused-ring (bicyclic) bond motifs is 1. The Hall–Kier alpha value is -1.46. The summed E-state index contributed by atoms with van der Waals surface area (Å²) in [6.45, 7) is 11.7. The lowest BCUT2D eigenvalue weighted by atomic mass is 10.2. The molecule has 0 N–H and O–H groups in total. The van der Waals surface area contributed by atoms with Crippen LogP contribution in [0.3, 0.4) is 0 Å². The van der Waals surface area contributed by atoms with Crippen molar-refractivity contribution < 1.29 is 13.6 Å². The van der Waals surface area contributed by atoms with Crippen LogP contribution in [0.1, 0.15) is 20.8 Å². The maximum atomic E-state index is 14.0. The van der Waals surface area contributed by atoms with Crippen LogP contribution in [0.15, 0.2) is 30.5 Å². The van der Waals surface area contributed by atoms with Crippen molar-refractivity contribution in [2.75, 3.05) is 13.2 Å². The maximum Gasteiger partial charge on any atom is 0.192 e. The van der Waals surface area contributed by atoms with Crippen LogP contribution in [0, 0.1) is 5.82 Å². The molecule has 0 unspecified atom stereocenters. The molecule has 2 aromatic rings. The van der Waals surface area contributed by atoms with E-state index in [0.29, 0.717) is 13.2 Å². The zero-order chi connectivity index (χ0) is 16.4. The third-order valence-corrected chi connectivity index (χ3v) is 8.80. The quantitative estimate of drug-likeness (QED) is 0.587. The summed E-state index contributed by atoms with van der Waals surface area (Å²) in [4.78, 5) is 4.21. The smallest absolute Gasteiger partial charge is 0.192 e. The average Bonchev–Trinajstić information content (AvgIpc) is 2.42. The molecule has 22 heavy (non-hydrogen) atoms. The Morgan fingerprint density at radius 3 is 2.59 bits per heavy atom. The Morgan fingerprint density at radius 2 is 1.91 bits per heavy atom. The summed E-state index contributed by atoms with van der Waals surface area (Å²) in [7, 11) is -1.79. The fraction of sp³-hybridized carbons (Fsp3) is 0.471. The molecule has 0 saturated heterocycles. The van der Waals surface area contributed by atoms with Crippen molar-refractivity contribution in [1.29, 1.82) is 0 Å². The molecule has 0 aliphatic rings. The van der Waals surface area contributed by atoms with Crippen LogP contribution in [0.25, 0.3) is 10.9 Å². The number of pyridine rings is 1. The molecule has 1 aromatic carbocycles. The molecule has 0 saturated carbocycles. The van der Waals surface area contributed by atoms with Gasteiger partial charge < -0.3 is 9.16 Å². The summed E-state index contributed by atoms with van der Waals surface area (Å²) >= 11 is 0. The van der Waals surface area contributed by atoms with E-state index in [2.05, 4.69) is 38.8 Å². The van der Waals surface area contributed by atoms with Crippen LogP contribution >= 0.6 is 0 Å². The minimum absolute atomic E-state index is 0.158. The zero-order valence-electron chi connectivity index (χ0n) is 13.9. The molecule has 0 atom stereocenters. The monoisotopic (exact) mass is 321 g/mol. The minimum atomic E-state index is -1.79. The molecule has 3 nitrogen and oxygen atoms in total. The van der Waals surface area contributed by atoms with Crippen LogP contribution in [0.5, 0.6) is 5.75 Å². The second-order valence-electron chi connectivity index (χ2n) is 6.94. The van der Waals surface area contributed by atoms with Gasteiger partial charge in [-0.05, 0) is 30.3 Å². The number of rotatable bonds is 5. The van der Waals surface area contributed by atoms with Crippen LogP contribution in [0.2, 0.25) is 18.1 Å². The highest BCUT2D eigenvalue weighted by atomic mass is 28.4. The third kappa shape index (κ3) is 3.84. The van der Waals surface area contributed by atoms with E-state index < -0.39 is 8.32 Å². The van der Waals surface area contributed by atoms with E-state index in [-0.39, 0.29) is 16.6 Å². The van der Waals surface area contributed by atoms with Gasteiger partial charge in [-0.25, -0.2) is 4.39 Å². The highest BCUT2D eigenvalue weighted by molar-refractivity contribution is 6.74. The van der Waals surface area contributed by atoms with Gasteiger partial charge in [0.05, 0.1) is 12.1 Å². The van der Waals surface area contributed by atoms with Gasteiger partial charge in [0.15, 0.2) is 19.9 Å². The molecule has 0 radical (unpaired) electrons. The first-order chi connectivity index (χ1) is 10.2. The molecule has 0 bridgehead atoms. The second kappa shape index (κ2) is 6.34. The molecule has 0 spiro atoms. The molecule has 1 aromatic heterocycles. The maximum absolute atomic E-state index is 14.0. The van der Waals surface area contributed by atoms with Crippen LogP contribution in [0.4, 0.5) is 4.39 Å². The highest BCUT2D eigenvalue weighted by Gasteiger charge is 2.36. The summed E-state index contributed by atoms with van der Waals surface area (Å²) in [5.41, 5.74) is 0.726. The van der Waals surface area contributed by atoms with Crippen molar-refractivity contribution in [2.45, 2.75) is 38.9 Å². The first-order valence-electron chi connectivity index (χ1n) is 7.52. The average molecular weight is 321 g/mol. The number of hydrogen-bond donors (Lipinski definition) is 0. The molecule has 5 heteroatoms. The Labute approximate surface area is 132 Å². The number of halogens is 1. The molecule has 0 fully saturated rings. The second-order valence-corrected chi connectivity index (χ2v) is 11.7. The van der Waals surface area contributed by atoms with E-state index in [0.717, 1.165) is 10.9 Å². The number of hydrogen-bond acceptors (Lipinski definition) is 3. The zero-order valence-corrected chi connectivity index (χ0v) is 14.9. The van der Waals surface area contributed by atoms with Crippen molar-refractivity contribution in [3.05, 3.63) is 36.3 Å². The molecule has 120 valence electrons. The Kier molecular flexibility index (Phi) is 4.87. The van der Waals surface area contributed by atoms with E-state index in [1.807, 2.05) is 6.07 Å². The first-order valence-corrected chi connectivity index (χ1v) is 10.4. The fourth-order valence-electron chi connectivity index (χ4n) is 1.85. The van der Waals surface area contributed by atoms with E-state index in [1.54, 1.807) is 18.3 Å². The number of aromatic nitrogens is 1. The SMILES string of the molecule is CC(C)(C)[Si](C)(C)OCCOc1cc2ncccc2cc1F. The van der Waals surface area contributed by atoms with Gasteiger partial charge >= 0.3 is 0 Å². The van der Waals surface area contributed by atoms with Gasteiger partial charge in [0.25, 0.3) is 0 Å². The van der Waals surface area contributed by atoms with Gasteiger partial charge in [-0.1, -0.05) is 26.8 Å². The summed E-state index contributed by atoms with van der Waals surface area (Å²) in [6.07, 6.45) is 1.69. The number of ether oxygens (including phenoxy) is 1. The third-order valence-electron chi connectivity index (χ3n) is 4.27. The lowest BCUT2D eigenvalue weighted by molar-refractivity contribution is 0.199. The van der Waals surface area contributed by atoms with E-state index in [4.69, 9.17) is 9.16 Å². The summed E-state index contributed by atoms with van der Waals surface area (Å²) in [5, 5.41) is 0.926. The lowest BCUT2D eigenvalue weighted by Crippen LogP contribution is -2.41. The molecule has 0 aliphatic carbocycles. The predicted molar refractivity (Wildman–Crippen MR) is 90.3 cm³/mol. The largest absolute Gasteiger partial charge is 0.488 e. The Bertz CT molecular complexity index is 653. The summed E-state index contributed by atoms with van der Waals surface area (Å²) < 4.78 is 25.5. The van der Waals surface area contributed by atoms with E-state index in [1.165, 1.54) is 6.07 Å². The normalized spacial score (nSPS) is 12.6. The number of benzene rings is 1. The van der Waals surface area contributed by atoms with Crippen LogP contribution in [-0.4, -0.2) is 26.5 Å². The van der Waals surface area contributed by atoms with E-state index in [9.17, 15) is 4.39 Å². The van der Waals surface area contributed by atoms with Gasteiger partial charge in [0.1, 0.15) is 6.61 Å². The van der Waals surface area contributed by atoms with Gasteiger partial charge in [-0.2, -0.15) is 0 Å². The lowest BCUT2D eigenvalue weighted by Gasteiger charge is -2.36. The van der Waals surface area contributed by atoms with Gasteiger partial charge in [-0.3, -0.25) is 4.98 Å². The van der Waals surface area contributed by atoms with Crippen molar-refractivity contribution in [3.8, 4) is 5.75 Å². The van der Waals surface area contributed by atoms with Gasteiger partial charge in [0.2, 0.25) is 0 Å². The standard InChI is InChI=1S/C17H24FNO2Si/c1-17(2,3)22(4,5)21-10-9-20-16-12-15-13(11-14(16)18)7-6-8-19-15/h6-8,11-12H,9-10H2,1-5H3. The van der Waals surface area contributed by atoms with Gasteiger partial charge in [-0.15, -0.1) is 0 Å². The van der Waals surface area contributed by atoms with Crippen molar-refractivity contribution in [1.82, 2.24) is 4.98 Å². The molecule has 0 aliphatic heterocycles. The predicted octanol–water partition coefficient (Wildman–Crippen LogP) is 4.77. The molecule has 0 amide bonds. The minimum Gasteiger partial charge on any atom is -0.488 e.